The van der Waals surface area contributed by atoms with E-state index in [2.05, 4.69) is 23.5 Å². The minimum atomic E-state index is -1.27. The van der Waals surface area contributed by atoms with Gasteiger partial charge in [0.25, 0.3) is 0 Å². The lowest BCUT2D eigenvalue weighted by atomic mass is 9.62. The number of fused-ring (bicyclic) bond motifs is 2. The first-order valence-electron chi connectivity index (χ1n) is 17.2. The molecule has 3 aliphatic rings. The lowest BCUT2D eigenvalue weighted by Gasteiger charge is -2.39. The van der Waals surface area contributed by atoms with Crippen molar-refractivity contribution in [3.05, 3.63) is 85.5 Å². The molecule has 2 aromatic carbocycles. The molecule has 4 heterocycles. The third-order valence-electron chi connectivity index (χ3n) is 10.9. The van der Waals surface area contributed by atoms with Gasteiger partial charge in [-0.3, -0.25) is 14.4 Å². The minimum Gasteiger partial charge on any atom is -0.394 e. The molecule has 0 radical (unpaired) electrons. The van der Waals surface area contributed by atoms with Gasteiger partial charge >= 0.3 is 0 Å². The molecule has 0 aliphatic carbocycles. The monoisotopic (exact) mass is 668 g/mol. The van der Waals surface area contributed by atoms with Gasteiger partial charge in [-0.1, -0.05) is 80.6 Å². The Labute approximate surface area is 288 Å². The van der Waals surface area contributed by atoms with Gasteiger partial charge in [0.15, 0.2) is 0 Å². The number of amides is 3. The van der Waals surface area contributed by atoms with Crippen LogP contribution in [0.1, 0.15) is 46.1 Å². The van der Waals surface area contributed by atoms with Gasteiger partial charge in [-0.05, 0) is 49.3 Å². The molecule has 3 amide bonds. The molecule has 3 unspecified atom stereocenters. The summed E-state index contributed by atoms with van der Waals surface area (Å²) in [6, 6.07) is 15.5. The van der Waals surface area contributed by atoms with Gasteiger partial charge in [-0.25, -0.2) is 4.68 Å². The van der Waals surface area contributed by atoms with Crippen molar-refractivity contribution in [3.8, 4) is 0 Å². The zero-order chi connectivity index (χ0) is 35.1. The van der Waals surface area contributed by atoms with Gasteiger partial charge in [0, 0.05) is 19.6 Å². The second-order valence-corrected chi connectivity index (χ2v) is 14.5. The van der Waals surface area contributed by atoms with Crippen molar-refractivity contribution in [2.45, 2.75) is 77.0 Å². The largest absolute Gasteiger partial charge is 0.394 e. The maximum atomic E-state index is 15.1. The molecular weight excluding hydrogens is 620 g/mol. The highest BCUT2D eigenvalue weighted by molar-refractivity contribution is 5.99. The Morgan fingerprint density at radius 2 is 1.73 bits per heavy atom. The van der Waals surface area contributed by atoms with Gasteiger partial charge in [0.1, 0.15) is 23.8 Å². The highest BCUT2D eigenvalue weighted by atomic mass is 16.5. The maximum Gasteiger partial charge on any atom is 0.250 e. The lowest BCUT2D eigenvalue weighted by molar-refractivity contribution is -0.159. The van der Waals surface area contributed by atoms with Crippen molar-refractivity contribution in [2.24, 2.45) is 23.7 Å². The van der Waals surface area contributed by atoms with Gasteiger partial charge in [-0.2, -0.15) is 0 Å². The van der Waals surface area contributed by atoms with E-state index in [9.17, 15) is 14.7 Å². The number of aliphatic hydroxyl groups is 1. The highest BCUT2D eigenvalue weighted by Crippen LogP contribution is 2.66. The van der Waals surface area contributed by atoms with Crippen molar-refractivity contribution in [2.75, 3.05) is 19.7 Å². The molecule has 1 N–H and O–H groups in total. The third kappa shape index (κ3) is 5.76. The quantitative estimate of drug-likeness (QED) is 0.258. The molecule has 6 rings (SSSR count). The van der Waals surface area contributed by atoms with E-state index in [0.717, 1.165) is 11.1 Å². The first-order chi connectivity index (χ1) is 23.5. The van der Waals surface area contributed by atoms with Crippen LogP contribution in [0.25, 0.3) is 11.0 Å². The van der Waals surface area contributed by atoms with Crippen LogP contribution in [0.4, 0.5) is 0 Å². The Morgan fingerprint density at radius 3 is 2.41 bits per heavy atom. The minimum absolute atomic E-state index is 0.0674. The Kier molecular flexibility index (Phi) is 9.52. The number of carbonyl (C=O) groups excluding carboxylic acids is 3. The summed E-state index contributed by atoms with van der Waals surface area (Å²) in [4.78, 5) is 49.8. The summed E-state index contributed by atoms with van der Waals surface area (Å²) in [6.07, 6.45) is 4.23. The number of carbonyl (C=O) groups is 3. The first-order valence-corrected chi connectivity index (χ1v) is 17.2. The lowest BCUT2D eigenvalue weighted by Crippen LogP contribution is -2.59. The average molecular weight is 669 g/mol. The number of nitrogens with zero attached hydrogens (tertiary/aromatic N) is 6. The van der Waals surface area contributed by atoms with Crippen LogP contribution in [0, 0.1) is 23.7 Å². The topological polar surface area (TPSA) is 121 Å². The fraction of sp³-hybridized carbons (Fsp3) is 0.500. The van der Waals surface area contributed by atoms with Crippen LogP contribution in [0.2, 0.25) is 0 Å². The second-order valence-electron chi connectivity index (χ2n) is 14.5. The SMILES string of the molecule is C=CCN(Cn1nnc2ccccc21)C(=O)C1N([C@@H](CO)CC(C)C)C(=O)[C@@H]2[C@@H](C(=O)N(CC=C)Cc3ccccc3)[C@]3(C)OC12CC3C. The molecule has 3 saturated heterocycles. The molecule has 7 atom stereocenters. The summed E-state index contributed by atoms with van der Waals surface area (Å²) in [5, 5.41) is 19.4. The van der Waals surface area contributed by atoms with E-state index in [4.69, 9.17) is 4.74 Å². The van der Waals surface area contributed by atoms with E-state index in [1.165, 1.54) is 0 Å². The Balaban J connectivity index is 1.44. The summed E-state index contributed by atoms with van der Waals surface area (Å²) in [7, 11) is 0. The van der Waals surface area contributed by atoms with Gasteiger partial charge in [-0.15, -0.1) is 18.3 Å². The average Bonchev–Trinajstić information content (AvgIpc) is 3.76. The van der Waals surface area contributed by atoms with E-state index >= 15 is 4.79 Å². The summed E-state index contributed by atoms with van der Waals surface area (Å²) in [5.74, 6) is -2.61. The standard InChI is InChI=1S/C38H48N6O5/c1-7-18-41(22-27-14-10-9-11-15-27)34(46)31-32-35(47)44(28(23-45)20-25(3)4)33(38(32)21-26(5)37(31,6)49-38)36(48)42(19-8-2)24-43-30-17-13-12-16-29(30)39-40-43/h7-17,25-26,28,31-33,45H,1-2,18-24H2,3-6H3/t26?,28-,31+,32+,33?,37-,38?/m1/s1. The molecule has 0 saturated carbocycles. The Morgan fingerprint density at radius 1 is 1.06 bits per heavy atom. The molecule has 2 bridgehead atoms. The van der Waals surface area contributed by atoms with Crippen molar-refractivity contribution in [3.63, 3.8) is 0 Å². The summed E-state index contributed by atoms with van der Waals surface area (Å²) >= 11 is 0. The van der Waals surface area contributed by atoms with Crippen molar-refractivity contribution in [1.29, 1.82) is 0 Å². The van der Waals surface area contributed by atoms with E-state index in [-0.39, 0.29) is 49.4 Å². The van der Waals surface area contributed by atoms with Crippen LogP contribution in [0.3, 0.4) is 0 Å². The van der Waals surface area contributed by atoms with Crippen LogP contribution < -0.4 is 0 Å². The fourth-order valence-corrected chi connectivity index (χ4v) is 8.66. The number of hydrogen-bond donors (Lipinski definition) is 1. The van der Waals surface area contributed by atoms with Gasteiger partial charge in [0.05, 0.1) is 35.6 Å². The third-order valence-corrected chi connectivity index (χ3v) is 10.9. The van der Waals surface area contributed by atoms with E-state index in [1.54, 1.807) is 31.5 Å². The summed E-state index contributed by atoms with van der Waals surface area (Å²) < 4.78 is 8.70. The molecule has 260 valence electrons. The summed E-state index contributed by atoms with van der Waals surface area (Å²) in [6.45, 7) is 16.4. The smallest absolute Gasteiger partial charge is 0.250 e. The number of rotatable bonds is 14. The molecule has 49 heavy (non-hydrogen) atoms. The first kappa shape index (κ1) is 34.5. The fourth-order valence-electron chi connectivity index (χ4n) is 8.66. The molecule has 3 aliphatic heterocycles. The molecule has 1 spiro atoms. The maximum absolute atomic E-state index is 15.1. The normalized spacial score (nSPS) is 27.8. The predicted molar refractivity (Wildman–Crippen MR) is 185 cm³/mol. The molecule has 3 aromatic rings. The number of likely N-dealkylation sites (tertiary alicyclic amines) is 1. The number of para-hydroxylation sites is 1. The zero-order valence-corrected chi connectivity index (χ0v) is 28.9. The van der Waals surface area contributed by atoms with Crippen molar-refractivity contribution >= 4 is 28.8 Å². The number of benzene rings is 2. The molecule has 1 aromatic heterocycles. The number of hydrogen-bond acceptors (Lipinski definition) is 7. The predicted octanol–water partition coefficient (Wildman–Crippen LogP) is 4.04. The van der Waals surface area contributed by atoms with Crippen LogP contribution in [-0.2, 0) is 32.3 Å². The Hall–Kier alpha value is -4.35. The molecule has 11 heteroatoms. The van der Waals surface area contributed by atoms with Gasteiger partial charge < -0.3 is 24.5 Å². The number of ether oxygens (including phenoxy) is 1. The summed E-state index contributed by atoms with van der Waals surface area (Å²) in [5.41, 5.74) is 0.154. The van der Waals surface area contributed by atoms with E-state index < -0.39 is 35.1 Å². The number of aliphatic hydroxyl groups excluding tert-OH is 1. The van der Waals surface area contributed by atoms with Crippen molar-refractivity contribution < 1.29 is 24.2 Å². The Bertz CT molecular complexity index is 1730. The van der Waals surface area contributed by atoms with Gasteiger partial charge in [0.2, 0.25) is 17.7 Å². The van der Waals surface area contributed by atoms with E-state index in [0.29, 0.717) is 31.4 Å². The molecular formula is C38H48N6O5. The zero-order valence-electron chi connectivity index (χ0n) is 28.9. The molecule has 11 nitrogen and oxygen atoms in total. The van der Waals surface area contributed by atoms with Crippen LogP contribution >= 0.6 is 0 Å². The van der Waals surface area contributed by atoms with Crippen LogP contribution in [-0.4, -0.2) is 95.5 Å². The highest BCUT2D eigenvalue weighted by Gasteiger charge is 2.80. The van der Waals surface area contributed by atoms with Crippen molar-refractivity contribution in [1.82, 2.24) is 29.7 Å². The molecule has 3 fully saturated rings. The second kappa shape index (κ2) is 13.5. The van der Waals surface area contributed by atoms with E-state index in [1.807, 2.05) is 82.3 Å². The van der Waals surface area contributed by atoms with Crippen LogP contribution in [0.15, 0.2) is 79.9 Å². The van der Waals surface area contributed by atoms with Crippen LogP contribution in [0.5, 0.6) is 0 Å². The number of aromatic nitrogens is 3.